The first-order chi connectivity index (χ1) is 8.56. The molecule has 0 bridgehead atoms. The number of nitrogen functional groups attached to an aromatic ring is 1. The highest BCUT2D eigenvalue weighted by molar-refractivity contribution is 6.30. The predicted molar refractivity (Wildman–Crippen MR) is 66.7 cm³/mol. The molecule has 0 saturated heterocycles. The van der Waals surface area contributed by atoms with Gasteiger partial charge in [0.05, 0.1) is 5.02 Å². The van der Waals surface area contributed by atoms with Crippen LogP contribution in [0.1, 0.15) is 5.69 Å². The number of nitrogens with one attached hydrogen (secondary N) is 1. The Hall–Kier alpha value is -2.14. The molecule has 1 heterocycles. The third kappa shape index (κ3) is 2.75. The lowest BCUT2D eigenvalue weighted by Gasteiger charge is -2.07. The number of ether oxygens (including phenoxy) is 1. The Kier molecular flexibility index (Phi) is 3.43. The highest BCUT2D eigenvalue weighted by Gasteiger charge is 2.05. The van der Waals surface area contributed by atoms with E-state index >= 15 is 0 Å². The SMILES string of the molecule is N=C(N)c1cc(Oc2ccc(F)c(Cl)c2)ccn1. The Bertz CT molecular complexity index is 604. The van der Waals surface area contributed by atoms with Gasteiger partial charge in [-0.05, 0) is 18.2 Å². The number of nitrogens with two attached hydrogens (primary N) is 1. The largest absolute Gasteiger partial charge is 0.457 e. The monoisotopic (exact) mass is 265 g/mol. The normalized spacial score (nSPS) is 10.1. The van der Waals surface area contributed by atoms with Gasteiger partial charge >= 0.3 is 0 Å². The maximum atomic E-state index is 13.0. The number of amidine groups is 1. The van der Waals surface area contributed by atoms with Crippen LogP contribution in [0.3, 0.4) is 0 Å². The van der Waals surface area contributed by atoms with Gasteiger partial charge in [-0.1, -0.05) is 11.6 Å². The summed E-state index contributed by atoms with van der Waals surface area (Å²) in [7, 11) is 0. The zero-order valence-electron chi connectivity index (χ0n) is 9.15. The molecule has 0 aliphatic heterocycles. The molecule has 0 fully saturated rings. The first-order valence-electron chi connectivity index (χ1n) is 4.99. The number of hydrogen-bond acceptors (Lipinski definition) is 3. The van der Waals surface area contributed by atoms with Crippen molar-refractivity contribution in [1.82, 2.24) is 4.98 Å². The molecule has 1 aromatic heterocycles. The summed E-state index contributed by atoms with van der Waals surface area (Å²) in [6.07, 6.45) is 1.47. The van der Waals surface area contributed by atoms with Gasteiger partial charge in [-0.25, -0.2) is 4.39 Å². The molecule has 0 radical (unpaired) electrons. The summed E-state index contributed by atoms with van der Waals surface area (Å²) < 4.78 is 18.4. The van der Waals surface area contributed by atoms with E-state index in [2.05, 4.69) is 4.98 Å². The van der Waals surface area contributed by atoms with Crippen molar-refractivity contribution in [2.75, 3.05) is 0 Å². The Morgan fingerprint density at radius 3 is 2.67 bits per heavy atom. The van der Waals surface area contributed by atoms with Crippen LogP contribution in [0.5, 0.6) is 11.5 Å². The minimum Gasteiger partial charge on any atom is -0.457 e. The topological polar surface area (TPSA) is 72.0 Å². The highest BCUT2D eigenvalue weighted by Crippen LogP contribution is 2.26. The van der Waals surface area contributed by atoms with Crippen LogP contribution in [0.15, 0.2) is 36.5 Å². The van der Waals surface area contributed by atoms with Crippen LogP contribution in [0.2, 0.25) is 5.02 Å². The van der Waals surface area contributed by atoms with Gasteiger partial charge < -0.3 is 10.5 Å². The van der Waals surface area contributed by atoms with Crippen molar-refractivity contribution in [1.29, 1.82) is 5.41 Å². The number of rotatable bonds is 3. The Balaban J connectivity index is 2.25. The predicted octanol–water partition coefficient (Wildman–Crippen LogP) is 2.95. The van der Waals surface area contributed by atoms with Crippen molar-refractivity contribution in [2.45, 2.75) is 0 Å². The summed E-state index contributed by atoms with van der Waals surface area (Å²) >= 11 is 5.64. The molecule has 0 aliphatic rings. The van der Waals surface area contributed by atoms with Gasteiger partial charge in [0.15, 0.2) is 0 Å². The standard InChI is InChI=1S/C12H9ClFN3O/c13-9-5-7(1-2-10(9)14)18-8-3-4-17-11(6-8)12(15)16/h1-6H,(H3,15,16). The van der Waals surface area contributed by atoms with Gasteiger partial charge in [-0.15, -0.1) is 0 Å². The molecule has 3 N–H and O–H groups in total. The van der Waals surface area contributed by atoms with Crippen molar-refractivity contribution in [3.05, 3.63) is 53.1 Å². The summed E-state index contributed by atoms with van der Waals surface area (Å²) in [5, 5.41) is 7.24. The van der Waals surface area contributed by atoms with Crippen LogP contribution in [0.4, 0.5) is 4.39 Å². The van der Waals surface area contributed by atoms with E-state index in [-0.39, 0.29) is 10.9 Å². The zero-order chi connectivity index (χ0) is 13.1. The molecule has 0 spiro atoms. The molecule has 0 atom stereocenters. The average Bonchev–Trinajstić information content (AvgIpc) is 2.34. The molecule has 0 unspecified atom stereocenters. The fraction of sp³-hybridized carbons (Fsp3) is 0. The summed E-state index contributed by atoms with van der Waals surface area (Å²) in [6.45, 7) is 0. The summed E-state index contributed by atoms with van der Waals surface area (Å²) in [5.41, 5.74) is 5.62. The van der Waals surface area contributed by atoms with E-state index in [0.29, 0.717) is 17.2 Å². The third-order valence-electron chi connectivity index (χ3n) is 2.13. The lowest BCUT2D eigenvalue weighted by atomic mass is 10.3. The molecule has 0 amide bonds. The number of benzene rings is 1. The molecule has 1 aromatic carbocycles. The van der Waals surface area contributed by atoms with Crippen LogP contribution in [-0.4, -0.2) is 10.8 Å². The first kappa shape index (κ1) is 12.3. The van der Waals surface area contributed by atoms with Gasteiger partial charge in [-0.3, -0.25) is 10.4 Å². The Morgan fingerprint density at radius 2 is 2.00 bits per heavy atom. The van der Waals surface area contributed by atoms with Crippen molar-refractivity contribution in [2.24, 2.45) is 5.73 Å². The van der Waals surface area contributed by atoms with Gasteiger partial charge in [-0.2, -0.15) is 0 Å². The Labute approximate surface area is 108 Å². The molecule has 18 heavy (non-hydrogen) atoms. The second kappa shape index (κ2) is 5.01. The summed E-state index contributed by atoms with van der Waals surface area (Å²) in [6, 6.07) is 7.15. The first-order valence-corrected chi connectivity index (χ1v) is 5.37. The minimum absolute atomic E-state index is 0.0200. The number of pyridine rings is 1. The highest BCUT2D eigenvalue weighted by atomic mass is 35.5. The molecule has 2 rings (SSSR count). The van der Waals surface area contributed by atoms with Gasteiger partial charge in [0.1, 0.15) is 28.8 Å². The average molecular weight is 266 g/mol. The van der Waals surface area contributed by atoms with Crippen molar-refractivity contribution < 1.29 is 9.13 Å². The lowest BCUT2D eigenvalue weighted by molar-refractivity contribution is 0.480. The molecule has 0 saturated carbocycles. The molecule has 4 nitrogen and oxygen atoms in total. The van der Waals surface area contributed by atoms with E-state index in [4.69, 9.17) is 27.5 Å². The Morgan fingerprint density at radius 1 is 1.28 bits per heavy atom. The summed E-state index contributed by atoms with van der Waals surface area (Å²) in [4.78, 5) is 3.90. The van der Waals surface area contributed by atoms with Crippen LogP contribution in [-0.2, 0) is 0 Å². The van der Waals surface area contributed by atoms with E-state index in [9.17, 15) is 4.39 Å². The van der Waals surface area contributed by atoms with Crippen LogP contribution in [0.25, 0.3) is 0 Å². The number of halogens is 2. The fourth-order valence-corrected chi connectivity index (χ4v) is 1.47. The molecular weight excluding hydrogens is 257 g/mol. The maximum absolute atomic E-state index is 13.0. The molecule has 92 valence electrons. The van der Waals surface area contributed by atoms with Crippen molar-refractivity contribution in [3.8, 4) is 11.5 Å². The lowest BCUT2D eigenvalue weighted by Crippen LogP contribution is -2.12. The van der Waals surface area contributed by atoms with Gasteiger partial charge in [0.2, 0.25) is 0 Å². The molecule has 0 aliphatic carbocycles. The number of aromatic nitrogens is 1. The van der Waals surface area contributed by atoms with E-state index in [0.717, 1.165) is 0 Å². The fourth-order valence-electron chi connectivity index (χ4n) is 1.30. The minimum atomic E-state index is -0.511. The molecule has 6 heteroatoms. The molecular formula is C12H9ClFN3O. The second-order valence-corrected chi connectivity index (χ2v) is 3.88. The van der Waals surface area contributed by atoms with Gasteiger partial charge in [0.25, 0.3) is 0 Å². The second-order valence-electron chi connectivity index (χ2n) is 3.47. The van der Waals surface area contributed by atoms with Crippen molar-refractivity contribution in [3.63, 3.8) is 0 Å². The quantitative estimate of drug-likeness (QED) is 0.662. The van der Waals surface area contributed by atoms with Crippen LogP contribution < -0.4 is 10.5 Å². The van der Waals surface area contributed by atoms with Crippen molar-refractivity contribution >= 4 is 17.4 Å². The van der Waals surface area contributed by atoms with E-state index in [1.54, 1.807) is 6.07 Å². The molecule has 2 aromatic rings. The third-order valence-corrected chi connectivity index (χ3v) is 2.42. The van der Waals surface area contributed by atoms with Crippen LogP contribution >= 0.6 is 11.6 Å². The van der Waals surface area contributed by atoms with Gasteiger partial charge in [0, 0.05) is 18.3 Å². The number of hydrogen-bond donors (Lipinski definition) is 2. The van der Waals surface area contributed by atoms with Crippen LogP contribution in [0, 0.1) is 11.2 Å². The van der Waals surface area contributed by atoms with E-state index < -0.39 is 5.82 Å². The summed E-state index contributed by atoms with van der Waals surface area (Å²) in [5.74, 6) is 0.167. The van der Waals surface area contributed by atoms with E-state index in [1.165, 1.54) is 30.5 Å². The maximum Gasteiger partial charge on any atom is 0.142 e. The smallest absolute Gasteiger partial charge is 0.142 e. The zero-order valence-corrected chi connectivity index (χ0v) is 9.91. The number of nitrogens with zero attached hydrogens (tertiary/aromatic N) is 1. The van der Waals surface area contributed by atoms with E-state index in [1.807, 2.05) is 0 Å².